The SMILES string of the molecule is O=S(=O)([O-])O[C@@H](CO)[C@H](O)C[NH+]1C[C@@H](O)C(O)[C@@H](O)C1. The number of likely N-dealkylation sites (tertiary alicyclic amines) is 1. The summed E-state index contributed by atoms with van der Waals surface area (Å²) in [5.41, 5.74) is 0. The lowest BCUT2D eigenvalue weighted by Crippen LogP contribution is -3.17. The average Bonchev–Trinajstić information content (AvgIpc) is 2.31. The molecule has 11 heteroatoms. The second kappa shape index (κ2) is 7.06. The standard InChI is InChI=1S/C9H19NO9S/c11-4-8(19-20(16,17)18)5(12)1-10-2-6(13)9(15)7(14)3-10/h5-9,11-15H,1-4H2,(H,16,17,18)/t5-,6-,7+,8+,9?/m1/s1. The van der Waals surface area contributed by atoms with Crippen molar-refractivity contribution in [2.24, 2.45) is 0 Å². The van der Waals surface area contributed by atoms with E-state index >= 15 is 0 Å². The summed E-state index contributed by atoms with van der Waals surface area (Å²) in [5, 5.41) is 46.9. The topological polar surface area (TPSA) is 172 Å². The zero-order valence-electron chi connectivity index (χ0n) is 10.5. The molecule has 0 radical (unpaired) electrons. The highest BCUT2D eigenvalue weighted by atomic mass is 32.3. The molecule has 0 aliphatic carbocycles. The number of quaternary nitrogens is 1. The Morgan fingerprint density at radius 2 is 1.75 bits per heavy atom. The Kier molecular flexibility index (Phi) is 6.25. The lowest BCUT2D eigenvalue weighted by atomic mass is 10.0. The van der Waals surface area contributed by atoms with E-state index in [2.05, 4.69) is 4.18 Å². The molecule has 1 rings (SSSR count). The molecule has 0 aromatic heterocycles. The average molecular weight is 317 g/mol. The van der Waals surface area contributed by atoms with Gasteiger partial charge in [-0.25, -0.2) is 8.42 Å². The minimum absolute atomic E-state index is 0.0115. The molecule has 0 bridgehead atoms. The van der Waals surface area contributed by atoms with E-state index in [1.807, 2.05) is 0 Å². The maximum absolute atomic E-state index is 10.4. The number of hydrogen-bond acceptors (Lipinski definition) is 9. The van der Waals surface area contributed by atoms with E-state index in [-0.39, 0.29) is 19.6 Å². The molecule has 10 nitrogen and oxygen atoms in total. The number of piperidine rings is 1. The van der Waals surface area contributed by atoms with Crippen LogP contribution in [-0.2, 0) is 14.6 Å². The van der Waals surface area contributed by atoms with Crippen LogP contribution in [0.1, 0.15) is 0 Å². The van der Waals surface area contributed by atoms with Crippen molar-refractivity contribution < 1.29 is 47.6 Å². The molecule has 0 aromatic carbocycles. The van der Waals surface area contributed by atoms with E-state index < -0.39 is 47.5 Å². The maximum atomic E-state index is 10.4. The predicted molar refractivity (Wildman–Crippen MR) is 61.2 cm³/mol. The van der Waals surface area contributed by atoms with Crippen LogP contribution in [0.2, 0.25) is 0 Å². The van der Waals surface area contributed by atoms with Crippen LogP contribution >= 0.6 is 0 Å². The Morgan fingerprint density at radius 1 is 1.25 bits per heavy atom. The molecule has 1 fully saturated rings. The minimum Gasteiger partial charge on any atom is -0.726 e. The third-order valence-corrected chi connectivity index (χ3v) is 3.62. The monoisotopic (exact) mass is 317 g/mol. The lowest BCUT2D eigenvalue weighted by Gasteiger charge is -2.35. The summed E-state index contributed by atoms with van der Waals surface area (Å²) in [4.78, 5) is 0.466. The van der Waals surface area contributed by atoms with Crippen molar-refractivity contribution >= 4 is 10.4 Å². The summed E-state index contributed by atoms with van der Waals surface area (Å²) in [6.07, 6.45) is -6.79. The first kappa shape index (κ1) is 17.7. The molecule has 0 spiro atoms. The molecule has 0 amide bonds. The molecule has 1 heterocycles. The van der Waals surface area contributed by atoms with E-state index in [0.717, 1.165) is 0 Å². The van der Waals surface area contributed by atoms with Gasteiger partial charge in [0, 0.05) is 0 Å². The molecular weight excluding hydrogens is 298 g/mol. The minimum atomic E-state index is -5.07. The van der Waals surface area contributed by atoms with Gasteiger partial charge in [0.2, 0.25) is 10.4 Å². The predicted octanol–water partition coefficient (Wildman–Crippen LogP) is -5.83. The van der Waals surface area contributed by atoms with E-state index in [1.54, 1.807) is 0 Å². The summed E-state index contributed by atoms with van der Waals surface area (Å²) in [7, 11) is -5.07. The first-order valence-corrected chi connectivity index (χ1v) is 7.28. The summed E-state index contributed by atoms with van der Waals surface area (Å²) in [6, 6.07) is 0. The molecular formula is C9H19NO9S. The summed E-state index contributed by atoms with van der Waals surface area (Å²) in [5.74, 6) is 0. The van der Waals surface area contributed by atoms with Crippen molar-refractivity contribution in [3.05, 3.63) is 0 Å². The lowest BCUT2D eigenvalue weighted by molar-refractivity contribution is -0.916. The second-order valence-electron chi connectivity index (χ2n) is 4.78. The summed E-state index contributed by atoms with van der Waals surface area (Å²) in [6.45, 7) is -1.04. The molecule has 2 unspecified atom stereocenters. The van der Waals surface area contributed by atoms with Crippen LogP contribution < -0.4 is 4.90 Å². The van der Waals surface area contributed by atoms with Gasteiger partial charge in [0.25, 0.3) is 0 Å². The van der Waals surface area contributed by atoms with Crippen molar-refractivity contribution in [3.8, 4) is 0 Å². The van der Waals surface area contributed by atoms with E-state index in [0.29, 0.717) is 4.90 Å². The Morgan fingerprint density at radius 3 is 2.15 bits per heavy atom. The van der Waals surface area contributed by atoms with Gasteiger partial charge in [0.05, 0.1) is 6.61 Å². The van der Waals surface area contributed by atoms with Crippen LogP contribution in [-0.4, -0.2) is 95.3 Å². The van der Waals surface area contributed by atoms with Gasteiger partial charge in [-0.1, -0.05) is 0 Å². The molecule has 1 aliphatic rings. The molecule has 1 saturated heterocycles. The fraction of sp³-hybridized carbons (Fsp3) is 1.00. The Hall–Kier alpha value is -0.370. The van der Waals surface area contributed by atoms with Gasteiger partial charge in [-0.15, -0.1) is 0 Å². The van der Waals surface area contributed by atoms with Crippen LogP contribution in [0, 0.1) is 0 Å². The van der Waals surface area contributed by atoms with Gasteiger partial charge in [0.15, 0.2) is 0 Å². The van der Waals surface area contributed by atoms with E-state index in [9.17, 15) is 33.4 Å². The fourth-order valence-electron chi connectivity index (χ4n) is 2.13. The number of rotatable bonds is 6. The highest BCUT2D eigenvalue weighted by Crippen LogP contribution is 2.04. The van der Waals surface area contributed by atoms with Crippen molar-refractivity contribution in [1.82, 2.24) is 0 Å². The second-order valence-corrected chi connectivity index (χ2v) is 5.79. The summed E-state index contributed by atoms with van der Waals surface area (Å²) >= 11 is 0. The molecule has 0 saturated carbocycles. The van der Waals surface area contributed by atoms with Crippen molar-refractivity contribution in [2.75, 3.05) is 26.2 Å². The number of nitrogens with one attached hydrogen (secondary N) is 1. The Labute approximate surface area is 115 Å². The maximum Gasteiger partial charge on any atom is 0.218 e. The molecule has 0 aromatic rings. The first-order valence-electron chi connectivity index (χ1n) is 5.95. The molecule has 1 aliphatic heterocycles. The van der Waals surface area contributed by atoms with Crippen LogP contribution in [0.5, 0.6) is 0 Å². The normalized spacial score (nSPS) is 34.7. The van der Waals surface area contributed by atoms with E-state index in [1.165, 1.54) is 0 Å². The number of aliphatic hydroxyl groups excluding tert-OH is 5. The molecule has 120 valence electrons. The Bertz CT molecular complexity index is 390. The summed E-state index contributed by atoms with van der Waals surface area (Å²) < 4.78 is 35.3. The fourth-order valence-corrected chi connectivity index (χ4v) is 2.63. The van der Waals surface area contributed by atoms with Gasteiger partial charge in [-0.05, 0) is 0 Å². The molecule has 6 N–H and O–H groups in total. The van der Waals surface area contributed by atoms with Crippen molar-refractivity contribution in [1.29, 1.82) is 0 Å². The highest BCUT2D eigenvalue weighted by molar-refractivity contribution is 7.80. The van der Waals surface area contributed by atoms with Crippen molar-refractivity contribution in [3.63, 3.8) is 0 Å². The third kappa shape index (κ3) is 5.20. The van der Waals surface area contributed by atoms with Crippen LogP contribution in [0.3, 0.4) is 0 Å². The highest BCUT2D eigenvalue weighted by Gasteiger charge is 2.38. The van der Waals surface area contributed by atoms with Crippen LogP contribution in [0.15, 0.2) is 0 Å². The van der Waals surface area contributed by atoms with E-state index in [4.69, 9.17) is 5.11 Å². The van der Waals surface area contributed by atoms with Gasteiger partial charge in [-0.3, -0.25) is 4.18 Å². The molecule has 20 heavy (non-hydrogen) atoms. The van der Waals surface area contributed by atoms with Crippen LogP contribution in [0.4, 0.5) is 0 Å². The molecule has 6 atom stereocenters. The Balaban J connectivity index is 2.58. The largest absolute Gasteiger partial charge is 0.726 e. The van der Waals surface area contributed by atoms with Gasteiger partial charge >= 0.3 is 0 Å². The number of aliphatic hydroxyl groups is 5. The zero-order chi connectivity index (χ0) is 15.5. The van der Waals surface area contributed by atoms with Gasteiger partial charge in [0.1, 0.15) is 50.2 Å². The zero-order valence-corrected chi connectivity index (χ0v) is 11.3. The van der Waals surface area contributed by atoms with Gasteiger partial charge < -0.3 is 35.0 Å². The van der Waals surface area contributed by atoms with Gasteiger partial charge in [-0.2, -0.15) is 0 Å². The van der Waals surface area contributed by atoms with Crippen molar-refractivity contribution in [2.45, 2.75) is 30.5 Å². The quantitative estimate of drug-likeness (QED) is 0.206. The third-order valence-electron chi connectivity index (χ3n) is 3.13. The number of hydrogen-bond donors (Lipinski definition) is 6. The van der Waals surface area contributed by atoms with Crippen LogP contribution in [0.25, 0.3) is 0 Å². The smallest absolute Gasteiger partial charge is 0.218 e. The first-order chi connectivity index (χ1) is 9.14.